The number of hydrogen-bond acceptors (Lipinski definition) is 6. The number of rotatable bonds is 7. The normalized spacial score (nSPS) is 11.5. The van der Waals surface area contributed by atoms with Crippen molar-refractivity contribution in [3.05, 3.63) is 47.5 Å². The minimum Gasteiger partial charge on any atom is -0.493 e. The molecule has 0 spiro atoms. The van der Waals surface area contributed by atoms with Gasteiger partial charge in [-0.1, -0.05) is 12.1 Å². The number of anilines is 1. The Morgan fingerprint density at radius 3 is 2.06 bits per heavy atom. The summed E-state index contributed by atoms with van der Waals surface area (Å²) in [5, 5.41) is 5.72. The van der Waals surface area contributed by atoms with Crippen molar-refractivity contribution in [3.63, 3.8) is 0 Å². The Labute approximate surface area is 176 Å². The second-order valence-corrected chi connectivity index (χ2v) is 6.08. The summed E-state index contributed by atoms with van der Waals surface area (Å²) in [6.45, 7) is 1.54. The Morgan fingerprint density at radius 2 is 1.55 bits per heavy atom. The Morgan fingerprint density at radius 1 is 0.935 bits per heavy atom. The summed E-state index contributed by atoms with van der Waals surface area (Å²) in [4.78, 5) is 23.6. The quantitative estimate of drug-likeness (QED) is 0.509. The van der Waals surface area contributed by atoms with Crippen LogP contribution in [0.25, 0.3) is 0 Å². The number of hydrogen-bond donors (Lipinski definition) is 2. The number of amides is 2. The highest BCUT2D eigenvalue weighted by Gasteiger charge is 2.38. The molecule has 31 heavy (non-hydrogen) atoms. The van der Waals surface area contributed by atoms with Gasteiger partial charge in [-0.15, -0.1) is 0 Å². The molecule has 0 radical (unpaired) electrons. The smallest absolute Gasteiger partial charge is 0.471 e. The monoisotopic (exact) mass is 439 g/mol. The highest BCUT2D eigenvalue weighted by atomic mass is 19.4. The van der Waals surface area contributed by atoms with E-state index in [0.29, 0.717) is 17.0 Å². The molecule has 2 N–H and O–H groups in total. The minimum absolute atomic E-state index is 0.0645. The van der Waals surface area contributed by atoms with Gasteiger partial charge in [0.2, 0.25) is 5.75 Å². The average Bonchev–Trinajstić information content (AvgIpc) is 2.75. The van der Waals surface area contributed by atoms with E-state index in [2.05, 4.69) is 10.5 Å². The number of hydrazone groups is 1. The number of ether oxygens (including phenoxy) is 3. The van der Waals surface area contributed by atoms with Gasteiger partial charge in [-0.05, 0) is 36.8 Å². The maximum atomic E-state index is 12.5. The van der Waals surface area contributed by atoms with Crippen LogP contribution in [0.4, 0.5) is 18.9 Å². The molecule has 0 aromatic heterocycles. The summed E-state index contributed by atoms with van der Waals surface area (Å²) >= 11 is 0. The third-order valence-electron chi connectivity index (χ3n) is 4.05. The average molecular weight is 439 g/mol. The Kier molecular flexibility index (Phi) is 7.46. The van der Waals surface area contributed by atoms with E-state index in [1.54, 1.807) is 18.3 Å². The van der Waals surface area contributed by atoms with Crippen LogP contribution in [0.2, 0.25) is 0 Å². The summed E-state index contributed by atoms with van der Waals surface area (Å²) < 4.78 is 52.8. The van der Waals surface area contributed by atoms with E-state index in [1.165, 1.54) is 51.7 Å². The van der Waals surface area contributed by atoms with Crippen molar-refractivity contribution in [3.8, 4) is 17.2 Å². The molecule has 0 atom stereocenters. The van der Waals surface area contributed by atoms with Crippen molar-refractivity contribution in [2.45, 2.75) is 13.1 Å². The standard InChI is InChI=1S/C20H20F3N3O5/c1-11(12-6-5-7-14(8-12)24-19(28)20(21,22)23)25-26-18(27)13-9-15(29-2)17(31-4)16(10-13)30-3/h5-10H,1-4H3,(H,24,28)(H,26,27)/b25-11+. The van der Waals surface area contributed by atoms with Gasteiger partial charge >= 0.3 is 12.1 Å². The first-order chi connectivity index (χ1) is 14.6. The first-order valence-corrected chi connectivity index (χ1v) is 8.74. The molecule has 2 rings (SSSR count). The van der Waals surface area contributed by atoms with Gasteiger partial charge < -0.3 is 19.5 Å². The fourth-order valence-corrected chi connectivity index (χ4v) is 2.50. The summed E-state index contributed by atoms with van der Waals surface area (Å²) in [7, 11) is 4.25. The highest BCUT2D eigenvalue weighted by molar-refractivity contribution is 6.02. The van der Waals surface area contributed by atoms with Gasteiger partial charge in [0.05, 0.1) is 27.0 Å². The maximum absolute atomic E-state index is 12.5. The highest BCUT2D eigenvalue weighted by Crippen LogP contribution is 2.38. The lowest BCUT2D eigenvalue weighted by atomic mass is 10.1. The summed E-state index contributed by atoms with van der Waals surface area (Å²) in [5.41, 5.74) is 3.15. The molecule has 8 nitrogen and oxygen atoms in total. The lowest BCUT2D eigenvalue weighted by Gasteiger charge is -2.13. The molecule has 2 aromatic rings. The van der Waals surface area contributed by atoms with Crippen molar-refractivity contribution in [2.75, 3.05) is 26.6 Å². The van der Waals surface area contributed by atoms with Gasteiger partial charge in [-0.2, -0.15) is 18.3 Å². The fourth-order valence-electron chi connectivity index (χ4n) is 2.50. The molecule has 0 aliphatic heterocycles. The summed E-state index contributed by atoms with van der Waals surface area (Å²) in [6, 6.07) is 8.49. The van der Waals surface area contributed by atoms with Crippen molar-refractivity contribution in [2.24, 2.45) is 5.10 Å². The van der Waals surface area contributed by atoms with Crippen LogP contribution >= 0.6 is 0 Å². The van der Waals surface area contributed by atoms with Crippen molar-refractivity contribution < 1.29 is 37.0 Å². The van der Waals surface area contributed by atoms with E-state index < -0.39 is 18.0 Å². The van der Waals surface area contributed by atoms with E-state index in [9.17, 15) is 22.8 Å². The topological polar surface area (TPSA) is 98.2 Å². The van der Waals surface area contributed by atoms with Crippen LogP contribution in [-0.2, 0) is 4.79 Å². The van der Waals surface area contributed by atoms with E-state index in [1.807, 2.05) is 0 Å². The van der Waals surface area contributed by atoms with Gasteiger partial charge in [0, 0.05) is 11.3 Å². The van der Waals surface area contributed by atoms with E-state index in [-0.39, 0.29) is 22.7 Å². The number of alkyl halides is 3. The second-order valence-electron chi connectivity index (χ2n) is 6.08. The minimum atomic E-state index is -5.01. The fraction of sp³-hybridized carbons (Fsp3) is 0.250. The molecule has 0 saturated carbocycles. The number of nitrogens with zero attached hydrogens (tertiary/aromatic N) is 1. The molecular weight excluding hydrogens is 419 g/mol. The predicted molar refractivity (Wildman–Crippen MR) is 107 cm³/mol. The Bertz CT molecular complexity index is 981. The predicted octanol–water partition coefficient (Wildman–Crippen LogP) is 3.37. The number of carbonyl (C=O) groups excluding carboxylic acids is 2. The lowest BCUT2D eigenvalue weighted by molar-refractivity contribution is -0.167. The lowest BCUT2D eigenvalue weighted by Crippen LogP contribution is -2.29. The molecule has 0 unspecified atom stereocenters. The van der Waals surface area contributed by atoms with Gasteiger partial charge in [-0.25, -0.2) is 5.43 Å². The zero-order chi connectivity index (χ0) is 23.2. The maximum Gasteiger partial charge on any atom is 0.471 e. The van der Waals surface area contributed by atoms with Gasteiger partial charge in [0.1, 0.15) is 0 Å². The number of benzene rings is 2. The van der Waals surface area contributed by atoms with Crippen LogP contribution in [0.15, 0.2) is 41.5 Å². The summed E-state index contributed by atoms with van der Waals surface area (Å²) in [5.74, 6) is -1.80. The zero-order valence-corrected chi connectivity index (χ0v) is 17.1. The van der Waals surface area contributed by atoms with Crippen molar-refractivity contribution in [1.29, 1.82) is 0 Å². The number of carbonyl (C=O) groups is 2. The van der Waals surface area contributed by atoms with E-state index in [0.717, 1.165) is 0 Å². The number of methoxy groups -OCH3 is 3. The Balaban J connectivity index is 2.20. The largest absolute Gasteiger partial charge is 0.493 e. The van der Waals surface area contributed by atoms with Gasteiger partial charge in [0.15, 0.2) is 11.5 Å². The molecule has 166 valence electrons. The molecule has 2 amide bonds. The third kappa shape index (κ3) is 5.87. The molecule has 0 aliphatic carbocycles. The Hall–Kier alpha value is -3.76. The van der Waals surface area contributed by atoms with Crippen LogP contribution in [0, 0.1) is 0 Å². The zero-order valence-electron chi connectivity index (χ0n) is 17.1. The van der Waals surface area contributed by atoms with E-state index in [4.69, 9.17) is 14.2 Å². The number of halogens is 3. The molecule has 0 fully saturated rings. The second kappa shape index (κ2) is 9.83. The van der Waals surface area contributed by atoms with E-state index >= 15 is 0 Å². The van der Waals surface area contributed by atoms with Crippen LogP contribution in [0.3, 0.4) is 0 Å². The molecule has 0 bridgehead atoms. The van der Waals surface area contributed by atoms with Gasteiger partial charge in [0.25, 0.3) is 5.91 Å². The molecule has 0 aliphatic rings. The number of nitrogens with one attached hydrogen (secondary N) is 2. The first-order valence-electron chi connectivity index (χ1n) is 8.74. The van der Waals surface area contributed by atoms with Crippen LogP contribution < -0.4 is 25.0 Å². The van der Waals surface area contributed by atoms with Crippen molar-refractivity contribution >= 4 is 23.2 Å². The molecule has 11 heteroatoms. The van der Waals surface area contributed by atoms with Crippen LogP contribution in [0.5, 0.6) is 17.2 Å². The van der Waals surface area contributed by atoms with Gasteiger partial charge in [-0.3, -0.25) is 9.59 Å². The molecule has 0 heterocycles. The first kappa shape index (κ1) is 23.5. The SMILES string of the molecule is COc1cc(C(=O)N/N=C(\C)c2cccc(NC(=O)C(F)(F)F)c2)cc(OC)c1OC. The molecule has 2 aromatic carbocycles. The van der Waals surface area contributed by atoms with Crippen molar-refractivity contribution in [1.82, 2.24) is 5.43 Å². The third-order valence-corrected chi connectivity index (χ3v) is 4.05. The summed E-state index contributed by atoms with van der Waals surface area (Å²) in [6.07, 6.45) is -5.01. The van der Waals surface area contributed by atoms with Crippen LogP contribution in [0.1, 0.15) is 22.8 Å². The molecule has 0 saturated heterocycles. The van der Waals surface area contributed by atoms with Crippen LogP contribution in [-0.4, -0.2) is 45.0 Å². The molecular formula is C20H20F3N3O5.